The lowest BCUT2D eigenvalue weighted by molar-refractivity contribution is 1.24. The van der Waals surface area contributed by atoms with Gasteiger partial charge in [0.05, 0.1) is 0 Å². The van der Waals surface area contributed by atoms with Crippen LogP contribution in [0.2, 0.25) is 0 Å². The largest absolute Gasteiger partial charge is 0.378 e. The Hall–Kier alpha value is -1.03. The molecule has 0 aromatic carbocycles. The molecule has 0 atom stereocenters. The number of nitrogens with zero attached hydrogens (tertiary/aromatic N) is 2. The molecule has 1 rings (SSSR count). The van der Waals surface area contributed by atoms with Crippen LogP contribution in [0, 0.1) is 6.92 Å². The topological polar surface area (TPSA) is 51.3 Å². The Kier molecular flexibility index (Phi) is 3.10. The van der Waals surface area contributed by atoms with E-state index in [1.807, 2.05) is 25.3 Å². The minimum Gasteiger partial charge on any atom is -0.378 e. The molecule has 0 saturated carbocycles. The molecule has 0 saturated heterocycles. The Morgan fingerprint density at radius 2 is 2.42 bits per heavy atom. The number of aliphatic imine (C=N–C) groups is 1. The Balaban J connectivity index is 2.89. The molecule has 0 spiro atoms. The fourth-order valence-electron chi connectivity index (χ4n) is 0.740. The lowest BCUT2D eigenvalue weighted by Gasteiger charge is -1.96. The van der Waals surface area contributed by atoms with E-state index in [9.17, 15) is 0 Å². The molecule has 0 radical (unpaired) electrons. The molecule has 0 fully saturated rings. The van der Waals surface area contributed by atoms with Crippen LogP contribution in [0.4, 0.5) is 5.82 Å². The molecule has 2 N–H and O–H groups in total. The van der Waals surface area contributed by atoms with Gasteiger partial charge in [-0.05, 0) is 30.9 Å². The molecule has 0 unspecified atom stereocenters. The molecule has 1 aromatic heterocycles. The lowest BCUT2D eigenvalue weighted by atomic mass is 10.3. The average molecular weight is 181 g/mol. The third kappa shape index (κ3) is 2.54. The zero-order valence-corrected chi connectivity index (χ0v) is 7.93. The van der Waals surface area contributed by atoms with Crippen molar-refractivity contribution >= 4 is 22.7 Å². The summed E-state index contributed by atoms with van der Waals surface area (Å²) >= 11 is 1.41. The lowest BCUT2D eigenvalue weighted by Crippen LogP contribution is -2.04. The van der Waals surface area contributed by atoms with Crippen LogP contribution in [0.25, 0.3) is 0 Å². The average Bonchev–Trinajstić information content (AvgIpc) is 2.04. The van der Waals surface area contributed by atoms with Crippen molar-refractivity contribution in [1.29, 1.82) is 0 Å². The summed E-state index contributed by atoms with van der Waals surface area (Å²) in [5.74, 6) is 0.668. The van der Waals surface area contributed by atoms with Crippen LogP contribution in [0.15, 0.2) is 23.3 Å². The van der Waals surface area contributed by atoms with Crippen LogP contribution in [0.5, 0.6) is 0 Å². The molecule has 0 amide bonds. The second-order valence-corrected chi connectivity index (χ2v) is 3.17. The van der Waals surface area contributed by atoms with E-state index in [4.69, 9.17) is 5.73 Å². The molecular formula is C8H11N3S. The molecule has 12 heavy (non-hydrogen) atoms. The SMILES string of the molecule is CSC(N)=Nc1cc(C)ccn1. The van der Waals surface area contributed by atoms with Crippen molar-refractivity contribution in [2.45, 2.75) is 6.92 Å². The normalized spacial score (nSPS) is 11.7. The number of thioether (sulfide) groups is 1. The second-order valence-electron chi connectivity index (χ2n) is 2.35. The second kappa shape index (κ2) is 4.11. The standard InChI is InChI=1S/C8H11N3S/c1-6-3-4-10-7(5-6)11-8(9)12-2/h3-5H,1-2H3,(H2,9,10,11). The number of amidine groups is 1. The van der Waals surface area contributed by atoms with Crippen LogP contribution < -0.4 is 5.73 Å². The highest BCUT2D eigenvalue weighted by Gasteiger charge is 1.92. The van der Waals surface area contributed by atoms with Crippen molar-refractivity contribution in [3.8, 4) is 0 Å². The van der Waals surface area contributed by atoms with E-state index in [1.54, 1.807) is 6.20 Å². The van der Waals surface area contributed by atoms with Gasteiger partial charge in [-0.1, -0.05) is 11.8 Å². The highest BCUT2D eigenvalue weighted by atomic mass is 32.2. The number of hydrogen-bond acceptors (Lipinski definition) is 3. The van der Waals surface area contributed by atoms with Gasteiger partial charge in [-0.2, -0.15) is 0 Å². The fourth-order valence-corrected chi connectivity index (χ4v) is 0.925. The molecule has 0 aliphatic rings. The number of nitrogens with two attached hydrogens (primary N) is 1. The first-order valence-electron chi connectivity index (χ1n) is 3.53. The van der Waals surface area contributed by atoms with Crippen molar-refractivity contribution in [2.75, 3.05) is 6.26 Å². The van der Waals surface area contributed by atoms with E-state index in [1.165, 1.54) is 11.8 Å². The quantitative estimate of drug-likeness (QED) is 0.530. The van der Waals surface area contributed by atoms with Gasteiger partial charge in [0.1, 0.15) is 0 Å². The summed E-state index contributed by atoms with van der Waals surface area (Å²) in [5.41, 5.74) is 6.66. The number of aromatic nitrogens is 1. The van der Waals surface area contributed by atoms with Crippen molar-refractivity contribution in [2.24, 2.45) is 10.7 Å². The summed E-state index contributed by atoms with van der Waals surface area (Å²) < 4.78 is 0. The Morgan fingerprint density at radius 1 is 1.67 bits per heavy atom. The maximum absolute atomic E-state index is 5.53. The van der Waals surface area contributed by atoms with E-state index in [-0.39, 0.29) is 0 Å². The van der Waals surface area contributed by atoms with E-state index < -0.39 is 0 Å². The third-order valence-electron chi connectivity index (χ3n) is 1.33. The molecular weight excluding hydrogens is 170 g/mol. The predicted octanol–water partition coefficient (Wildman–Crippen LogP) is 1.70. The molecule has 4 heteroatoms. The maximum atomic E-state index is 5.53. The van der Waals surface area contributed by atoms with Crippen LogP contribution >= 0.6 is 11.8 Å². The smallest absolute Gasteiger partial charge is 0.160 e. The van der Waals surface area contributed by atoms with Crippen LogP contribution in [0.1, 0.15) is 5.56 Å². The van der Waals surface area contributed by atoms with Crippen molar-refractivity contribution in [3.05, 3.63) is 23.9 Å². The summed E-state index contributed by atoms with van der Waals surface area (Å²) in [6.07, 6.45) is 3.61. The molecule has 0 bridgehead atoms. The minimum absolute atomic E-state index is 0.535. The predicted molar refractivity (Wildman–Crippen MR) is 53.8 cm³/mol. The van der Waals surface area contributed by atoms with Gasteiger partial charge >= 0.3 is 0 Å². The maximum Gasteiger partial charge on any atom is 0.160 e. The number of rotatable bonds is 1. The van der Waals surface area contributed by atoms with Crippen molar-refractivity contribution in [1.82, 2.24) is 4.98 Å². The first-order valence-corrected chi connectivity index (χ1v) is 4.75. The van der Waals surface area contributed by atoms with E-state index in [2.05, 4.69) is 9.98 Å². The molecule has 1 heterocycles. The number of pyridine rings is 1. The summed E-state index contributed by atoms with van der Waals surface area (Å²) in [4.78, 5) is 8.13. The van der Waals surface area contributed by atoms with Gasteiger partial charge in [0.25, 0.3) is 0 Å². The van der Waals surface area contributed by atoms with Gasteiger partial charge in [-0.25, -0.2) is 9.98 Å². The highest BCUT2D eigenvalue weighted by Crippen LogP contribution is 2.10. The summed E-state index contributed by atoms with van der Waals surface area (Å²) in [6, 6.07) is 3.82. The van der Waals surface area contributed by atoms with Crippen molar-refractivity contribution in [3.63, 3.8) is 0 Å². The first-order chi connectivity index (χ1) is 5.72. The highest BCUT2D eigenvalue weighted by molar-refractivity contribution is 8.13. The number of hydrogen-bond donors (Lipinski definition) is 1. The van der Waals surface area contributed by atoms with Crippen LogP contribution in [-0.4, -0.2) is 16.4 Å². The van der Waals surface area contributed by atoms with Gasteiger partial charge in [-0.3, -0.25) is 0 Å². The zero-order valence-electron chi connectivity index (χ0n) is 7.11. The summed E-state index contributed by atoms with van der Waals surface area (Å²) in [6.45, 7) is 2.00. The minimum atomic E-state index is 0.535. The Morgan fingerprint density at radius 3 is 3.00 bits per heavy atom. The summed E-state index contributed by atoms with van der Waals surface area (Å²) in [7, 11) is 0. The molecule has 64 valence electrons. The molecule has 1 aromatic rings. The van der Waals surface area contributed by atoms with E-state index >= 15 is 0 Å². The van der Waals surface area contributed by atoms with Gasteiger partial charge in [0.15, 0.2) is 11.0 Å². The fraction of sp³-hybridized carbons (Fsp3) is 0.250. The Bertz CT molecular complexity index is 296. The molecule has 0 aliphatic carbocycles. The third-order valence-corrected chi connectivity index (χ3v) is 1.84. The van der Waals surface area contributed by atoms with Crippen LogP contribution in [0.3, 0.4) is 0 Å². The van der Waals surface area contributed by atoms with Gasteiger partial charge in [0, 0.05) is 6.20 Å². The van der Waals surface area contributed by atoms with Gasteiger partial charge < -0.3 is 5.73 Å². The number of aryl methyl sites for hydroxylation is 1. The van der Waals surface area contributed by atoms with Gasteiger partial charge in [-0.15, -0.1) is 0 Å². The van der Waals surface area contributed by atoms with Crippen LogP contribution in [-0.2, 0) is 0 Å². The first kappa shape index (κ1) is 9.06. The van der Waals surface area contributed by atoms with Gasteiger partial charge in [0.2, 0.25) is 0 Å². The summed E-state index contributed by atoms with van der Waals surface area (Å²) in [5, 5.41) is 0.535. The molecule has 3 nitrogen and oxygen atoms in total. The molecule has 0 aliphatic heterocycles. The monoisotopic (exact) mass is 181 g/mol. The Labute approximate surface area is 76.1 Å². The van der Waals surface area contributed by atoms with Crippen molar-refractivity contribution < 1.29 is 0 Å². The van der Waals surface area contributed by atoms with E-state index in [0.717, 1.165) is 5.56 Å². The zero-order chi connectivity index (χ0) is 8.97. The van der Waals surface area contributed by atoms with E-state index in [0.29, 0.717) is 11.0 Å².